The molecule has 3 heteroatoms. The van der Waals surface area contributed by atoms with Crippen molar-refractivity contribution in [3.8, 4) is 0 Å². The molecular weight excluding hydrogens is 234 g/mol. The number of hydrogen-bond acceptors (Lipinski definition) is 3. The zero-order valence-corrected chi connectivity index (χ0v) is 12.6. The van der Waals surface area contributed by atoms with Gasteiger partial charge < -0.3 is 5.32 Å². The van der Waals surface area contributed by atoms with Crippen LogP contribution in [-0.2, 0) is 0 Å². The van der Waals surface area contributed by atoms with Crippen LogP contribution in [-0.4, -0.2) is 55.6 Å². The summed E-state index contributed by atoms with van der Waals surface area (Å²) in [7, 11) is 4.29. The fraction of sp³-hybridized carbons (Fsp3) is 0.625. The first-order valence-electron chi connectivity index (χ1n) is 7.28. The van der Waals surface area contributed by atoms with Crippen LogP contribution in [0.25, 0.3) is 0 Å². The van der Waals surface area contributed by atoms with E-state index in [1.807, 2.05) is 0 Å². The number of hydrogen-bond donors (Lipinski definition) is 1. The number of benzene rings is 1. The van der Waals surface area contributed by atoms with Gasteiger partial charge >= 0.3 is 0 Å². The van der Waals surface area contributed by atoms with Gasteiger partial charge in [0.2, 0.25) is 0 Å². The molecule has 1 N–H and O–H groups in total. The summed E-state index contributed by atoms with van der Waals surface area (Å²) in [5.41, 5.74) is 1.38. The number of piperazine rings is 1. The number of rotatable bonds is 4. The predicted octanol–water partition coefficient (Wildman–Crippen LogP) is 1.97. The monoisotopic (exact) mass is 261 g/mol. The van der Waals surface area contributed by atoms with E-state index in [2.05, 4.69) is 73.4 Å². The van der Waals surface area contributed by atoms with Gasteiger partial charge in [-0.05, 0) is 33.5 Å². The Balaban J connectivity index is 1.99. The molecule has 1 aliphatic heterocycles. The Morgan fingerprint density at radius 3 is 2.26 bits per heavy atom. The first-order chi connectivity index (χ1) is 9.11. The molecule has 3 atom stereocenters. The van der Waals surface area contributed by atoms with Crippen molar-refractivity contribution in [2.45, 2.75) is 32.0 Å². The van der Waals surface area contributed by atoms with Crippen LogP contribution in [0.4, 0.5) is 0 Å². The maximum absolute atomic E-state index is 3.45. The van der Waals surface area contributed by atoms with Gasteiger partial charge in [-0.2, -0.15) is 0 Å². The van der Waals surface area contributed by atoms with Crippen LogP contribution in [0, 0.1) is 0 Å². The Labute approximate surface area is 117 Å². The molecule has 1 aromatic carbocycles. The molecule has 1 aliphatic rings. The minimum absolute atomic E-state index is 0.420. The number of nitrogens with zero attached hydrogens (tertiary/aromatic N) is 2. The molecule has 0 radical (unpaired) electrons. The van der Waals surface area contributed by atoms with E-state index in [0.29, 0.717) is 18.1 Å². The standard InChI is InChI=1S/C16H27N3/c1-13-10-19(11-14(2)18(13)4)12-16(17-3)15-8-6-5-7-9-15/h5-9,13-14,16-17H,10-12H2,1-4H3. The second-order valence-corrected chi connectivity index (χ2v) is 5.83. The maximum Gasteiger partial charge on any atom is 0.0446 e. The molecule has 0 bridgehead atoms. The maximum atomic E-state index is 3.45. The largest absolute Gasteiger partial charge is 0.312 e. The molecule has 0 aromatic heterocycles. The SMILES string of the molecule is CNC(CN1CC(C)N(C)C(C)C1)c1ccccc1. The van der Waals surface area contributed by atoms with Crippen molar-refractivity contribution >= 4 is 0 Å². The highest BCUT2D eigenvalue weighted by Crippen LogP contribution is 2.18. The van der Waals surface area contributed by atoms with Crippen LogP contribution in [0.5, 0.6) is 0 Å². The summed E-state index contributed by atoms with van der Waals surface area (Å²) in [6.07, 6.45) is 0. The van der Waals surface area contributed by atoms with Crippen LogP contribution < -0.4 is 5.32 Å². The van der Waals surface area contributed by atoms with E-state index in [4.69, 9.17) is 0 Å². The third-order valence-electron chi connectivity index (χ3n) is 4.43. The molecular formula is C16H27N3. The Hall–Kier alpha value is -0.900. The minimum atomic E-state index is 0.420. The lowest BCUT2D eigenvalue weighted by atomic mass is 10.0. The average molecular weight is 261 g/mol. The summed E-state index contributed by atoms with van der Waals surface area (Å²) < 4.78 is 0. The number of likely N-dealkylation sites (N-methyl/N-ethyl adjacent to an activating group) is 2. The highest BCUT2D eigenvalue weighted by Gasteiger charge is 2.27. The Bertz CT molecular complexity index is 367. The van der Waals surface area contributed by atoms with E-state index in [9.17, 15) is 0 Å². The summed E-state index contributed by atoms with van der Waals surface area (Å²) in [6.45, 7) is 8.04. The van der Waals surface area contributed by atoms with Gasteiger partial charge in [0.15, 0.2) is 0 Å². The molecule has 0 spiro atoms. The van der Waals surface area contributed by atoms with E-state index in [-0.39, 0.29) is 0 Å². The molecule has 1 fully saturated rings. The first kappa shape index (κ1) is 14.5. The summed E-state index contributed by atoms with van der Waals surface area (Å²) in [5, 5.41) is 3.45. The van der Waals surface area contributed by atoms with Gasteiger partial charge in [-0.1, -0.05) is 30.3 Å². The van der Waals surface area contributed by atoms with Crippen LogP contribution in [0.15, 0.2) is 30.3 Å². The summed E-state index contributed by atoms with van der Waals surface area (Å²) in [6, 6.07) is 12.4. The van der Waals surface area contributed by atoms with Gasteiger partial charge in [0, 0.05) is 37.8 Å². The average Bonchev–Trinajstić information content (AvgIpc) is 2.43. The van der Waals surface area contributed by atoms with E-state index in [1.54, 1.807) is 0 Å². The Morgan fingerprint density at radius 2 is 1.74 bits per heavy atom. The van der Waals surface area contributed by atoms with E-state index >= 15 is 0 Å². The van der Waals surface area contributed by atoms with Gasteiger partial charge in [-0.25, -0.2) is 0 Å². The van der Waals surface area contributed by atoms with E-state index < -0.39 is 0 Å². The third kappa shape index (κ3) is 3.56. The molecule has 0 amide bonds. The smallest absolute Gasteiger partial charge is 0.0446 e. The van der Waals surface area contributed by atoms with Crippen molar-refractivity contribution in [3.05, 3.63) is 35.9 Å². The van der Waals surface area contributed by atoms with Gasteiger partial charge in [0.05, 0.1) is 0 Å². The van der Waals surface area contributed by atoms with Crippen molar-refractivity contribution in [2.75, 3.05) is 33.7 Å². The van der Waals surface area contributed by atoms with Crippen molar-refractivity contribution in [2.24, 2.45) is 0 Å². The molecule has 1 heterocycles. The van der Waals surface area contributed by atoms with E-state index in [0.717, 1.165) is 19.6 Å². The molecule has 2 rings (SSSR count). The highest BCUT2D eigenvalue weighted by molar-refractivity contribution is 5.19. The molecule has 3 unspecified atom stereocenters. The molecule has 106 valence electrons. The first-order valence-corrected chi connectivity index (χ1v) is 7.28. The normalized spacial score (nSPS) is 27.4. The summed E-state index contributed by atoms with van der Waals surface area (Å²) in [5.74, 6) is 0. The predicted molar refractivity (Wildman–Crippen MR) is 81.4 cm³/mol. The fourth-order valence-corrected chi connectivity index (χ4v) is 2.97. The summed E-state index contributed by atoms with van der Waals surface area (Å²) in [4.78, 5) is 5.07. The van der Waals surface area contributed by atoms with Gasteiger partial charge in [-0.3, -0.25) is 9.80 Å². The lowest BCUT2D eigenvalue weighted by Gasteiger charge is -2.43. The topological polar surface area (TPSA) is 18.5 Å². The second kappa shape index (κ2) is 6.51. The Morgan fingerprint density at radius 1 is 1.16 bits per heavy atom. The fourth-order valence-electron chi connectivity index (χ4n) is 2.97. The molecule has 3 nitrogen and oxygen atoms in total. The Kier molecular flexibility index (Phi) is 4.97. The van der Waals surface area contributed by atoms with Crippen molar-refractivity contribution in [3.63, 3.8) is 0 Å². The summed E-state index contributed by atoms with van der Waals surface area (Å²) >= 11 is 0. The lowest BCUT2D eigenvalue weighted by molar-refractivity contribution is 0.0547. The molecule has 19 heavy (non-hydrogen) atoms. The van der Waals surface area contributed by atoms with Crippen LogP contribution in [0.2, 0.25) is 0 Å². The minimum Gasteiger partial charge on any atom is -0.312 e. The number of nitrogens with one attached hydrogen (secondary N) is 1. The third-order valence-corrected chi connectivity index (χ3v) is 4.43. The van der Waals surface area contributed by atoms with E-state index in [1.165, 1.54) is 5.56 Å². The van der Waals surface area contributed by atoms with Crippen LogP contribution in [0.1, 0.15) is 25.5 Å². The molecule has 1 aromatic rings. The van der Waals surface area contributed by atoms with Crippen molar-refractivity contribution < 1.29 is 0 Å². The highest BCUT2D eigenvalue weighted by atomic mass is 15.3. The molecule has 1 saturated heterocycles. The lowest BCUT2D eigenvalue weighted by Crippen LogP contribution is -2.56. The molecule has 0 saturated carbocycles. The zero-order chi connectivity index (χ0) is 13.8. The molecule has 0 aliphatic carbocycles. The van der Waals surface area contributed by atoms with Gasteiger partial charge in [-0.15, -0.1) is 0 Å². The second-order valence-electron chi connectivity index (χ2n) is 5.83. The van der Waals surface area contributed by atoms with Crippen LogP contribution in [0.3, 0.4) is 0 Å². The quantitative estimate of drug-likeness (QED) is 0.894. The zero-order valence-electron chi connectivity index (χ0n) is 12.6. The van der Waals surface area contributed by atoms with Gasteiger partial charge in [0.1, 0.15) is 0 Å². The van der Waals surface area contributed by atoms with Gasteiger partial charge in [0.25, 0.3) is 0 Å². The van der Waals surface area contributed by atoms with Crippen molar-refractivity contribution in [1.29, 1.82) is 0 Å². The van der Waals surface area contributed by atoms with Crippen molar-refractivity contribution in [1.82, 2.24) is 15.1 Å². The van der Waals surface area contributed by atoms with Crippen LogP contribution >= 0.6 is 0 Å².